The van der Waals surface area contributed by atoms with Gasteiger partial charge in [0.1, 0.15) is 11.5 Å². The van der Waals surface area contributed by atoms with E-state index >= 15 is 0 Å². The second kappa shape index (κ2) is 10.3. The van der Waals surface area contributed by atoms with Crippen molar-refractivity contribution in [3.05, 3.63) is 53.7 Å². The minimum absolute atomic E-state index is 0.0378. The Morgan fingerprint density at radius 3 is 2.79 bits per heavy atom. The second-order valence-corrected chi connectivity index (χ2v) is 10.2. The summed E-state index contributed by atoms with van der Waals surface area (Å²) in [7, 11) is 0. The molecule has 0 aliphatic carbocycles. The number of rotatable bonds is 7. The van der Waals surface area contributed by atoms with E-state index in [1.54, 1.807) is 12.4 Å². The normalized spacial score (nSPS) is 26.7. The lowest BCUT2D eigenvalue weighted by Gasteiger charge is -2.57. The standard InChI is InChI=1S/C27H36N4O3/c1-19-11-12-22(34-19)17-29-25(32)10-2-9-24-23-8-5-15-30-14-4-7-21(26(23)30)18-31(24)27(33)20-6-3-13-28-16-20/h3,6,11-13,16,21,23-24,26H,2,4-5,7-10,14-15,17-18H2,1H3,(H,29,32)/t21-,23+,24+,26-/m0/s1. The molecule has 5 rings (SSSR count). The molecule has 4 atom stereocenters. The summed E-state index contributed by atoms with van der Waals surface area (Å²) < 4.78 is 5.54. The van der Waals surface area contributed by atoms with E-state index in [9.17, 15) is 9.59 Å². The topological polar surface area (TPSA) is 78.7 Å². The number of aryl methyl sites for hydroxylation is 1. The van der Waals surface area contributed by atoms with Crippen LogP contribution in [0.3, 0.4) is 0 Å². The average molecular weight is 465 g/mol. The van der Waals surface area contributed by atoms with Crippen LogP contribution in [0.15, 0.2) is 41.1 Å². The van der Waals surface area contributed by atoms with Crippen molar-refractivity contribution in [1.82, 2.24) is 20.1 Å². The number of hydrogen-bond donors (Lipinski definition) is 1. The van der Waals surface area contributed by atoms with Gasteiger partial charge in [-0.05, 0) is 94.6 Å². The lowest BCUT2D eigenvalue weighted by atomic mass is 9.69. The second-order valence-electron chi connectivity index (χ2n) is 10.2. The van der Waals surface area contributed by atoms with Crippen LogP contribution in [-0.2, 0) is 11.3 Å². The van der Waals surface area contributed by atoms with Crippen LogP contribution in [-0.4, -0.2) is 58.3 Å². The minimum atomic E-state index is 0.0378. The van der Waals surface area contributed by atoms with Gasteiger partial charge < -0.3 is 14.6 Å². The zero-order valence-corrected chi connectivity index (χ0v) is 20.1. The van der Waals surface area contributed by atoms with Crippen LogP contribution in [0.25, 0.3) is 0 Å². The van der Waals surface area contributed by atoms with Crippen LogP contribution in [0, 0.1) is 18.8 Å². The first kappa shape index (κ1) is 23.1. The van der Waals surface area contributed by atoms with Gasteiger partial charge in [0, 0.05) is 37.4 Å². The van der Waals surface area contributed by atoms with Crippen molar-refractivity contribution in [2.75, 3.05) is 19.6 Å². The van der Waals surface area contributed by atoms with E-state index in [-0.39, 0.29) is 17.9 Å². The highest BCUT2D eigenvalue weighted by molar-refractivity contribution is 5.94. The molecule has 0 bridgehead atoms. The highest BCUT2D eigenvalue weighted by atomic mass is 16.3. The van der Waals surface area contributed by atoms with Gasteiger partial charge in [0.25, 0.3) is 5.91 Å². The number of furan rings is 1. The summed E-state index contributed by atoms with van der Waals surface area (Å²) in [5, 5.41) is 2.97. The van der Waals surface area contributed by atoms with Gasteiger partial charge in [-0.3, -0.25) is 19.5 Å². The molecule has 3 aliphatic heterocycles. The lowest BCUT2D eigenvalue weighted by Crippen LogP contribution is -2.65. The van der Waals surface area contributed by atoms with Crippen LogP contribution in [0.5, 0.6) is 0 Å². The Bertz CT molecular complexity index is 989. The molecule has 0 unspecified atom stereocenters. The Balaban J connectivity index is 1.26. The molecule has 0 radical (unpaired) electrons. The van der Waals surface area contributed by atoms with Gasteiger partial charge in [0.15, 0.2) is 0 Å². The smallest absolute Gasteiger partial charge is 0.255 e. The van der Waals surface area contributed by atoms with E-state index in [0.717, 1.165) is 30.9 Å². The van der Waals surface area contributed by atoms with E-state index in [0.29, 0.717) is 36.4 Å². The number of carbonyl (C=O) groups is 2. The van der Waals surface area contributed by atoms with E-state index in [4.69, 9.17) is 4.42 Å². The summed E-state index contributed by atoms with van der Waals surface area (Å²) in [6.07, 6.45) is 10.3. The molecule has 0 saturated carbocycles. The van der Waals surface area contributed by atoms with E-state index in [1.165, 1.54) is 38.8 Å². The molecular formula is C27H36N4O3. The van der Waals surface area contributed by atoms with Crippen LogP contribution in [0.2, 0.25) is 0 Å². The molecular weight excluding hydrogens is 428 g/mol. The number of hydrogen-bond acceptors (Lipinski definition) is 5. The van der Waals surface area contributed by atoms with Gasteiger partial charge in [-0.2, -0.15) is 0 Å². The Hall–Kier alpha value is -2.67. The Morgan fingerprint density at radius 2 is 2.03 bits per heavy atom. The van der Waals surface area contributed by atoms with Crippen molar-refractivity contribution in [1.29, 1.82) is 0 Å². The van der Waals surface area contributed by atoms with E-state index in [1.807, 2.05) is 31.2 Å². The quantitative estimate of drug-likeness (QED) is 0.675. The minimum Gasteiger partial charge on any atom is -0.465 e. The first-order valence-corrected chi connectivity index (χ1v) is 12.9. The predicted molar refractivity (Wildman–Crippen MR) is 129 cm³/mol. The fraction of sp³-hybridized carbons (Fsp3) is 0.593. The average Bonchev–Trinajstić information content (AvgIpc) is 3.29. The molecule has 3 fully saturated rings. The molecule has 5 heterocycles. The SMILES string of the molecule is Cc1ccc(CNC(=O)CCC[C@@H]2[C@H]3CCCN4CCC[C@@H](CN2C(=O)c2cccnc2)[C@@H]34)o1. The molecule has 34 heavy (non-hydrogen) atoms. The van der Waals surface area contributed by atoms with Crippen molar-refractivity contribution >= 4 is 11.8 Å². The number of amides is 2. The maximum Gasteiger partial charge on any atom is 0.255 e. The van der Waals surface area contributed by atoms with Gasteiger partial charge >= 0.3 is 0 Å². The summed E-state index contributed by atoms with van der Waals surface area (Å²) in [5.41, 5.74) is 0.668. The summed E-state index contributed by atoms with van der Waals surface area (Å²) in [4.78, 5) is 35.1. The van der Waals surface area contributed by atoms with Gasteiger partial charge in [-0.15, -0.1) is 0 Å². The monoisotopic (exact) mass is 464 g/mol. The third-order valence-corrected chi connectivity index (χ3v) is 8.00. The fourth-order valence-corrected chi connectivity index (χ4v) is 6.58. The molecule has 2 aromatic heterocycles. The van der Waals surface area contributed by atoms with Crippen molar-refractivity contribution in [3.8, 4) is 0 Å². The molecule has 182 valence electrons. The Morgan fingerprint density at radius 1 is 1.18 bits per heavy atom. The largest absolute Gasteiger partial charge is 0.465 e. The number of pyridine rings is 1. The molecule has 0 spiro atoms. The molecule has 0 aromatic carbocycles. The molecule has 2 amide bonds. The van der Waals surface area contributed by atoms with Crippen molar-refractivity contribution < 1.29 is 14.0 Å². The summed E-state index contributed by atoms with van der Waals surface area (Å²) in [6.45, 7) is 5.52. The molecule has 3 saturated heterocycles. The molecule has 2 aromatic rings. The fourth-order valence-electron chi connectivity index (χ4n) is 6.58. The maximum absolute atomic E-state index is 13.6. The lowest BCUT2D eigenvalue weighted by molar-refractivity contribution is -0.121. The summed E-state index contributed by atoms with van der Waals surface area (Å²) >= 11 is 0. The highest BCUT2D eigenvalue weighted by Gasteiger charge is 2.49. The number of likely N-dealkylation sites (tertiary alicyclic amines) is 1. The first-order valence-electron chi connectivity index (χ1n) is 12.9. The number of piperidine rings is 3. The van der Waals surface area contributed by atoms with Crippen molar-refractivity contribution in [3.63, 3.8) is 0 Å². The molecule has 7 heteroatoms. The van der Waals surface area contributed by atoms with Gasteiger partial charge in [-0.25, -0.2) is 0 Å². The van der Waals surface area contributed by atoms with E-state index < -0.39 is 0 Å². The van der Waals surface area contributed by atoms with Crippen molar-refractivity contribution in [2.24, 2.45) is 11.8 Å². The number of aromatic nitrogens is 1. The Kier molecular flexibility index (Phi) is 6.99. The van der Waals surface area contributed by atoms with Crippen LogP contribution in [0.1, 0.15) is 66.8 Å². The zero-order chi connectivity index (χ0) is 23.5. The number of nitrogens with one attached hydrogen (secondary N) is 1. The third-order valence-electron chi connectivity index (χ3n) is 8.00. The molecule has 1 N–H and O–H groups in total. The summed E-state index contributed by atoms with van der Waals surface area (Å²) in [6, 6.07) is 8.27. The van der Waals surface area contributed by atoms with Crippen LogP contribution >= 0.6 is 0 Å². The first-order chi connectivity index (χ1) is 16.6. The summed E-state index contributed by atoms with van der Waals surface area (Å²) in [5.74, 6) is 2.80. The third kappa shape index (κ3) is 4.90. The van der Waals surface area contributed by atoms with Crippen molar-refractivity contribution in [2.45, 2.75) is 70.5 Å². The van der Waals surface area contributed by atoms with Crippen LogP contribution < -0.4 is 5.32 Å². The predicted octanol–water partition coefficient (Wildman–Crippen LogP) is 3.78. The molecule has 3 aliphatic rings. The van der Waals surface area contributed by atoms with Crippen LogP contribution in [0.4, 0.5) is 0 Å². The Labute approximate surface area is 201 Å². The molecule has 7 nitrogen and oxygen atoms in total. The highest BCUT2D eigenvalue weighted by Crippen LogP contribution is 2.43. The maximum atomic E-state index is 13.6. The zero-order valence-electron chi connectivity index (χ0n) is 20.1. The van der Waals surface area contributed by atoms with Gasteiger partial charge in [0.05, 0.1) is 12.1 Å². The van der Waals surface area contributed by atoms with E-state index in [2.05, 4.69) is 20.1 Å². The van der Waals surface area contributed by atoms with Gasteiger partial charge in [-0.1, -0.05) is 0 Å². The number of nitrogens with zero attached hydrogens (tertiary/aromatic N) is 3. The number of carbonyl (C=O) groups excluding carboxylic acids is 2. The van der Waals surface area contributed by atoms with Gasteiger partial charge in [0.2, 0.25) is 5.91 Å².